The first kappa shape index (κ1) is 19.0. The van der Waals surface area contributed by atoms with Gasteiger partial charge in [0.05, 0.1) is 0 Å². The Morgan fingerprint density at radius 3 is 2.20 bits per heavy atom. The molecule has 1 aromatic carbocycles. The van der Waals surface area contributed by atoms with E-state index in [4.69, 9.17) is 0 Å². The molecule has 3 aliphatic rings. The van der Waals surface area contributed by atoms with Gasteiger partial charge in [-0.1, -0.05) is 32.0 Å². The van der Waals surface area contributed by atoms with Crippen LogP contribution in [0, 0.1) is 11.3 Å². The van der Waals surface area contributed by atoms with Gasteiger partial charge in [-0.2, -0.15) is 0 Å². The second-order valence-corrected chi connectivity index (χ2v) is 9.23. The number of hydrogen-bond donors (Lipinski definition) is 0. The molecule has 0 bridgehead atoms. The molecule has 0 atom stereocenters. The second-order valence-electron chi connectivity index (χ2n) is 9.23. The number of rotatable bonds is 4. The van der Waals surface area contributed by atoms with E-state index in [9.17, 15) is 0 Å². The smallest absolute Gasteiger partial charge is 0.0402 e. The third-order valence-electron chi connectivity index (χ3n) is 6.64. The quantitative estimate of drug-likeness (QED) is 0.714. The molecule has 140 valence electrons. The van der Waals surface area contributed by atoms with Crippen molar-refractivity contribution in [3.63, 3.8) is 0 Å². The van der Waals surface area contributed by atoms with Crippen LogP contribution in [0.4, 0.5) is 5.69 Å². The summed E-state index contributed by atoms with van der Waals surface area (Å²) in [6, 6.07) is 9.28. The highest BCUT2D eigenvalue weighted by molar-refractivity contribution is 5.85. The molecule has 1 aromatic rings. The van der Waals surface area contributed by atoms with E-state index in [2.05, 4.69) is 47.9 Å². The molecule has 0 amide bonds. The van der Waals surface area contributed by atoms with Crippen LogP contribution < -0.4 is 4.90 Å². The molecule has 0 spiro atoms. The molecule has 3 heteroatoms. The zero-order chi connectivity index (χ0) is 16.6. The van der Waals surface area contributed by atoms with Crippen molar-refractivity contribution in [1.82, 2.24) is 4.90 Å². The van der Waals surface area contributed by atoms with Crippen LogP contribution >= 0.6 is 12.4 Å². The van der Waals surface area contributed by atoms with E-state index in [1.165, 1.54) is 76.9 Å². The van der Waals surface area contributed by atoms with Crippen molar-refractivity contribution >= 4 is 18.1 Å². The van der Waals surface area contributed by atoms with E-state index in [0.717, 1.165) is 11.8 Å². The molecule has 2 saturated carbocycles. The fraction of sp³-hybridized carbons (Fsp3) is 0.727. The fourth-order valence-electron chi connectivity index (χ4n) is 4.67. The number of piperazine rings is 1. The minimum Gasteiger partial charge on any atom is -0.369 e. The standard InChI is InChI=1S/C22H34N2.ClH/c1-22(2)11-9-19(10-12-22)20-5-3-4-6-21(20)24-15-13-23(14-16-24)17-18-7-8-18;/h3-6,18-19H,7-17H2,1-2H3;1H. The van der Waals surface area contributed by atoms with Gasteiger partial charge in [-0.15, -0.1) is 12.4 Å². The maximum Gasteiger partial charge on any atom is 0.0402 e. The summed E-state index contributed by atoms with van der Waals surface area (Å²) in [6.07, 6.45) is 8.43. The highest BCUT2D eigenvalue weighted by Gasteiger charge is 2.30. The molecule has 2 aliphatic carbocycles. The van der Waals surface area contributed by atoms with Gasteiger partial charge in [-0.05, 0) is 67.4 Å². The van der Waals surface area contributed by atoms with E-state index in [1.54, 1.807) is 5.56 Å². The van der Waals surface area contributed by atoms with Gasteiger partial charge in [0, 0.05) is 38.4 Å². The third-order valence-corrected chi connectivity index (χ3v) is 6.64. The van der Waals surface area contributed by atoms with Gasteiger partial charge in [0.2, 0.25) is 0 Å². The minimum atomic E-state index is 0. The highest BCUT2D eigenvalue weighted by atomic mass is 35.5. The Kier molecular flexibility index (Phi) is 6.00. The van der Waals surface area contributed by atoms with Gasteiger partial charge < -0.3 is 4.90 Å². The lowest BCUT2D eigenvalue weighted by Gasteiger charge is -2.39. The molecule has 0 aromatic heterocycles. The minimum absolute atomic E-state index is 0. The molecule has 3 fully saturated rings. The Morgan fingerprint density at radius 1 is 0.920 bits per heavy atom. The zero-order valence-electron chi connectivity index (χ0n) is 16.0. The number of anilines is 1. The molecule has 1 aliphatic heterocycles. The van der Waals surface area contributed by atoms with Gasteiger partial charge in [-0.25, -0.2) is 0 Å². The van der Waals surface area contributed by atoms with Gasteiger partial charge in [0.1, 0.15) is 0 Å². The molecule has 0 unspecified atom stereocenters. The van der Waals surface area contributed by atoms with Crippen LogP contribution in [0.2, 0.25) is 0 Å². The van der Waals surface area contributed by atoms with Crippen molar-refractivity contribution in [1.29, 1.82) is 0 Å². The van der Waals surface area contributed by atoms with Gasteiger partial charge in [0.25, 0.3) is 0 Å². The normalized spacial score (nSPS) is 24.8. The lowest BCUT2D eigenvalue weighted by molar-refractivity contribution is 0.224. The second kappa shape index (κ2) is 7.88. The van der Waals surface area contributed by atoms with Gasteiger partial charge in [0.15, 0.2) is 0 Å². The lowest BCUT2D eigenvalue weighted by Crippen LogP contribution is -2.47. The average Bonchev–Trinajstić information content (AvgIpc) is 3.40. The Balaban J connectivity index is 0.00000182. The SMILES string of the molecule is CC1(C)CCC(c2ccccc2N2CCN(CC3CC3)CC2)CC1.Cl. The van der Waals surface area contributed by atoms with Crippen LogP contribution in [-0.2, 0) is 0 Å². The van der Waals surface area contributed by atoms with E-state index in [1.807, 2.05) is 0 Å². The number of benzene rings is 1. The summed E-state index contributed by atoms with van der Waals surface area (Å²) < 4.78 is 0. The fourth-order valence-corrected chi connectivity index (χ4v) is 4.67. The van der Waals surface area contributed by atoms with Crippen molar-refractivity contribution in [2.75, 3.05) is 37.6 Å². The molecule has 1 saturated heterocycles. The maximum absolute atomic E-state index is 2.69. The van der Waals surface area contributed by atoms with Crippen LogP contribution in [0.3, 0.4) is 0 Å². The van der Waals surface area contributed by atoms with Crippen LogP contribution in [0.5, 0.6) is 0 Å². The van der Waals surface area contributed by atoms with Crippen LogP contribution in [0.15, 0.2) is 24.3 Å². The summed E-state index contributed by atoms with van der Waals surface area (Å²) in [4.78, 5) is 5.36. The van der Waals surface area contributed by atoms with E-state index < -0.39 is 0 Å². The summed E-state index contributed by atoms with van der Waals surface area (Å²) >= 11 is 0. The van der Waals surface area contributed by atoms with E-state index >= 15 is 0 Å². The van der Waals surface area contributed by atoms with E-state index in [-0.39, 0.29) is 12.4 Å². The maximum atomic E-state index is 2.69. The first-order valence-electron chi connectivity index (χ1n) is 10.2. The summed E-state index contributed by atoms with van der Waals surface area (Å²) in [7, 11) is 0. The van der Waals surface area contributed by atoms with Crippen molar-refractivity contribution in [3.8, 4) is 0 Å². The van der Waals surface area contributed by atoms with E-state index in [0.29, 0.717) is 5.41 Å². The lowest BCUT2D eigenvalue weighted by atomic mass is 9.71. The summed E-state index contributed by atoms with van der Waals surface area (Å²) in [5.74, 6) is 1.80. The molecule has 4 rings (SSSR count). The molecule has 0 radical (unpaired) electrons. The molecule has 25 heavy (non-hydrogen) atoms. The van der Waals surface area contributed by atoms with Crippen molar-refractivity contribution in [2.24, 2.45) is 11.3 Å². The largest absolute Gasteiger partial charge is 0.369 e. The first-order valence-corrected chi connectivity index (χ1v) is 10.2. The van der Waals surface area contributed by atoms with Crippen molar-refractivity contribution < 1.29 is 0 Å². The zero-order valence-corrected chi connectivity index (χ0v) is 16.9. The Labute approximate surface area is 160 Å². The van der Waals surface area contributed by atoms with Crippen LogP contribution in [-0.4, -0.2) is 37.6 Å². The Hall–Kier alpha value is -0.730. The number of nitrogens with zero attached hydrogens (tertiary/aromatic N) is 2. The summed E-state index contributed by atoms with van der Waals surface area (Å²) in [5, 5.41) is 0. The number of halogens is 1. The first-order chi connectivity index (χ1) is 11.6. The predicted octanol–water partition coefficient (Wildman–Crippen LogP) is 5.32. The van der Waals surface area contributed by atoms with Gasteiger partial charge >= 0.3 is 0 Å². The topological polar surface area (TPSA) is 6.48 Å². The molecular weight excluding hydrogens is 328 g/mol. The van der Waals surface area contributed by atoms with Gasteiger partial charge in [-0.3, -0.25) is 4.90 Å². The molecular formula is C22H35ClN2. The monoisotopic (exact) mass is 362 g/mol. The third kappa shape index (κ3) is 4.71. The van der Waals surface area contributed by atoms with Crippen LogP contribution in [0.1, 0.15) is 63.9 Å². The molecule has 0 N–H and O–H groups in total. The summed E-state index contributed by atoms with van der Waals surface area (Å²) in [6.45, 7) is 11.2. The summed E-state index contributed by atoms with van der Waals surface area (Å²) in [5.41, 5.74) is 3.72. The van der Waals surface area contributed by atoms with Crippen molar-refractivity contribution in [2.45, 2.75) is 58.3 Å². The number of para-hydroxylation sites is 1. The average molecular weight is 363 g/mol. The molecule has 2 nitrogen and oxygen atoms in total. The number of hydrogen-bond acceptors (Lipinski definition) is 2. The van der Waals surface area contributed by atoms with Crippen molar-refractivity contribution in [3.05, 3.63) is 29.8 Å². The van der Waals surface area contributed by atoms with Crippen LogP contribution in [0.25, 0.3) is 0 Å². The Bertz CT molecular complexity index is 549. The Morgan fingerprint density at radius 2 is 1.56 bits per heavy atom. The highest BCUT2D eigenvalue weighted by Crippen LogP contribution is 2.44. The molecule has 1 heterocycles. The predicted molar refractivity (Wildman–Crippen MR) is 110 cm³/mol.